The molecule has 0 atom stereocenters. The maximum atomic E-state index is 12.2. The number of aromatic nitrogens is 2. The summed E-state index contributed by atoms with van der Waals surface area (Å²) in [7, 11) is 1.81. The number of nitrogens with one attached hydrogen (secondary N) is 1. The van der Waals surface area contributed by atoms with Crippen molar-refractivity contribution in [3.05, 3.63) is 39.1 Å². The third kappa shape index (κ3) is 2.59. The van der Waals surface area contributed by atoms with E-state index in [1.807, 2.05) is 20.9 Å². The zero-order valence-electron chi connectivity index (χ0n) is 11.3. The molecule has 0 aliphatic carbocycles. The normalized spacial score (nSPS) is 10.7. The van der Waals surface area contributed by atoms with E-state index >= 15 is 0 Å². The quantitative estimate of drug-likeness (QED) is 0.836. The molecule has 0 fully saturated rings. The van der Waals surface area contributed by atoms with Crippen LogP contribution in [0, 0.1) is 13.8 Å². The number of nitrogens with zero attached hydrogens (tertiary/aromatic N) is 2. The van der Waals surface area contributed by atoms with Crippen LogP contribution in [0.4, 0.5) is 11.4 Å². The molecule has 2 rings (SSSR count). The zero-order valence-corrected chi connectivity index (χ0v) is 12.8. The Kier molecular flexibility index (Phi) is 3.92. The average molecular weight is 313 g/mol. The lowest BCUT2D eigenvalue weighted by Crippen LogP contribution is -2.13. The van der Waals surface area contributed by atoms with Crippen LogP contribution < -0.4 is 11.1 Å². The molecule has 1 heterocycles. The third-order valence-electron chi connectivity index (χ3n) is 3.09. The molecule has 0 unspecified atom stereocenters. The highest BCUT2D eigenvalue weighted by Crippen LogP contribution is 2.29. The van der Waals surface area contributed by atoms with E-state index in [-0.39, 0.29) is 21.6 Å². The van der Waals surface area contributed by atoms with Gasteiger partial charge in [-0.05, 0) is 26.0 Å². The summed E-state index contributed by atoms with van der Waals surface area (Å²) in [5.41, 5.74) is 8.54. The van der Waals surface area contributed by atoms with E-state index in [1.54, 1.807) is 4.68 Å². The molecule has 0 aliphatic rings. The number of rotatable bonds is 2. The summed E-state index contributed by atoms with van der Waals surface area (Å²) < 4.78 is 1.70. The fourth-order valence-corrected chi connectivity index (χ4v) is 2.34. The number of aryl methyl sites for hydroxylation is 2. The standard InChI is InChI=1S/C13H14Cl2N4O/c1-6-12(7(2)19(3)18-6)17-13(20)8-4-9(14)11(16)10(15)5-8/h4-5H,16H2,1-3H3,(H,17,20). The molecule has 1 amide bonds. The fraction of sp³-hybridized carbons (Fsp3) is 0.231. The molecule has 0 bridgehead atoms. The molecular formula is C13H14Cl2N4O. The van der Waals surface area contributed by atoms with Crippen LogP contribution in [0.1, 0.15) is 21.7 Å². The number of anilines is 2. The van der Waals surface area contributed by atoms with Crippen LogP contribution in [0.5, 0.6) is 0 Å². The Morgan fingerprint density at radius 1 is 1.30 bits per heavy atom. The first-order valence-corrected chi connectivity index (χ1v) is 6.63. The second kappa shape index (κ2) is 5.34. The first-order chi connectivity index (χ1) is 9.31. The highest BCUT2D eigenvalue weighted by atomic mass is 35.5. The Labute approximate surface area is 126 Å². The largest absolute Gasteiger partial charge is 0.396 e. The Morgan fingerprint density at radius 3 is 2.30 bits per heavy atom. The lowest BCUT2D eigenvalue weighted by atomic mass is 10.2. The predicted molar refractivity (Wildman–Crippen MR) is 81.5 cm³/mol. The van der Waals surface area contributed by atoms with Crippen molar-refractivity contribution >= 4 is 40.5 Å². The van der Waals surface area contributed by atoms with Gasteiger partial charge in [-0.25, -0.2) is 0 Å². The Morgan fingerprint density at radius 2 is 1.85 bits per heavy atom. The van der Waals surface area contributed by atoms with Gasteiger partial charge in [-0.1, -0.05) is 23.2 Å². The maximum Gasteiger partial charge on any atom is 0.255 e. The molecule has 0 radical (unpaired) electrons. The number of carbonyl (C=O) groups excluding carboxylic acids is 1. The van der Waals surface area contributed by atoms with Crippen molar-refractivity contribution < 1.29 is 4.79 Å². The Bertz CT molecular complexity index is 671. The van der Waals surface area contributed by atoms with Gasteiger partial charge in [0.2, 0.25) is 0 Å². The van der Waals surface area contributed by atoms with E-state index in [9.17, 15) is 4.79 Å². The number of nitrogen functional groups attached to an aromatic ring is 1. The molecule has 20 heavy (non-hydrogen) atoms. The van der Waals surface area contributed by atoms with Crippen molar-refractivity contribution in [2.24, 2.45) is 7.05 Å². The van der Waals surface area contributed by atoms with E-state index in [1.165, 1.54) is 12.1 Å². The number of benzene rings is 1. The summed E-state index contributed by atoms with van der Waals surface area (Å²) in [5, 5.41) is 7.55. The van der Waals surface area contributed by atoms with Gasteiger partial charge in [-0.2, -0.15) is 5.10 Å². The summed E-state index contributed by atoms with van der Waals surface area (Å²) in [4.78, 5) is 12.2. The lowest BCUT2D eigenvalue weighted by Gasteiger charge is -2.08. The van der Waals surface area contributed by atoms with E-state index in [2.05, 4.69) is 10.4 Å². The molecule has 1 aromatic heterocycles. The van der Waals surface area contributed by atoms with Crippen molar-refractivity contribution in [1.29, 1.82) is 0 Å². The molecule has 7 heteroatoms. The minimum Gasteiger partial charge on any atom is -0.396 e. The van der Waals surface area contributed by atoms with Gasteiger partial charge in [0, 0.05) is 12.6 Å². The van der Waals surface area contributed by atoms with Gasteiger partial charge in [0.15, 0.2) is 0 Å². The number of amides is 1. The van der Waals surface area contributed by atoms with Gasteiger partial charge >= 0.3 is 0 Å². The topological polar surface area (TPSA) is 72.9 Å². The summed E-state index contributed by atoms with van der Waals surface area (Å²) in [6.07, 6.45) is 0. The van der Waals surface area contributed by atoms with Crippen molar-refractivity contribution in [1.82, 2.24) is 9.78 Å². The minimum absolute atomic E-state index is 0.252. The summed E-state index contributed by atoms with van der Waals surface area (Å²) in [6.45, 7) is 3.70. The molecule has 3 N–H and O–H groups in total. The summed E-state index contributed by atoms with van der Waals surface area (Å²) in [6, 6.07) is 2.97. The van der Waals surface area contributed by atoms with Gasteiger partial charge in [-0.15, -0.1) is 0 Å². The molecule has 5 nitrogen and oxygen atoms in total. The number of halogens is 2. The minimum atomic E-state index is -0.312. The van der Waals surface area contributed by atoms with Crippen molar-refractivity contribution in [3.8, 4) is 0 Å². The van der Waals surface area contributed by atoms with Crippen LogP contribution in [-0.4, -0.2) is 15.7 Å². The SMILES string of the molecule is Cc1nn(C)c(C)c1NC(=O)c1cc(Cl)c(N)c(Cl)c1. The highest BCUT2D eigenvalue weighted by molar-refractivity contribution is 6.39. The molecule has 0 saturated heterocycles. The van der Waals surface area contributed by atoms with Crippen LogP contribution in [0.15, 0.2) is 12.1 Å². The highest BCUT2D eigenvalue weighted by Gasteiger charge is 2.15. The maximum absolute atomic E-state index is 12.2. The van der Waals surface area contributed by atoms with Gasteiger partial charge in [0.25, 0.3) is 5.91 Å². The first-order valence-electron chi connectivity index (χ1n) is 5.87. The second-order valence-corrected chi connectivity index (χ2v) is 5.29. The number of carbonyl (C=O) groups is 1. The molecule has 1 aromatic carbocycles. The molecule has 0 spiro atoms. The van der Waals surface area contributed by atoms with E-state index in [4.69, 9.17) is 28.9 Å². The first kappa shape index (κ1) is 14.7. The van der Waals surface area contributed by atoms with Crippen LogP contribution in [0.3, 0.4) is 0 Å². The van der Waals surface area contributed by atoms with E-state index in [0.717, 1.165) is 11.4 Å². The van der Waals surface area contributed by atoms with Gasteiger partial charge in [-0.3, -0.25) is 9.48 Å². The smallest absolute Gasteiger partial charge is 0.255 e. The second-order valence-electron chi connectivity index (χ2n) is 4.48. The van der Waals surface area contributed by atoms with Crippen molar-refractivity contribution in [3.63, 3.8) is 0 Å². The summed E-state index contributed by atoms with van der Waals surface area (Å²) in [5.74, 6) is -0.312. The van der Waals surface area contributed by atoms with E-state index in [0.29, 0.717) is 11.3 Å². The molecule has 0 saturated carbocycles. The monoisotopic (exact) mass is 312 g/mol. The fourth-order valence-electron chi connectivity index (χ4n) is 1.86. The molecule has 0 aliphatic heterocycles. The number of hydrogen-bond donors (Lipinski definition) is 2. The molecule has 106 valence electrons. The van der Waals surface area contributed by atoms with Gasteiger partial charge < -0.3 is 11.1 Å². The Hall–Kier alpha value is -1.72. The van der Waals surface area contributed by atoms with Crippen LogP contribution in [0.2, 0.25) is 10.0 Å². The third-order valence-corrected chi connectivity index (χ3v) is 3.71. The lowest BCUT2D eigenvalue weighted by molar-refractivity contribution is 0.102. The van der Waals surface area contributed by atoms with Gasteiger partial charge in [0.05, 0.1) is 32.8 Å². The van der Waals surface area contributed by atoms with Crippen molar-refractivity contribution in [2.75, 3.05) is 11.1 Å². The molecular weight excluding hydrogens is 299 g/mol. The number of hydrogen-bond acceptors (Lipinski definition) is 3. The van der Waals surface area contributed by atoms with E-state index < -0.39 is 0 Å². The van der Waals surface area contributed by atoms with Crippen LogP contribution >= 0.6 is 23.2 Å². The number of nitrogens with two attached hydrogens (primary N) is 1. The van der Waals surface area contributed by atoms with Gasteiger partial charge in [0.1, 0.15) is 0 Å². The molecule has 2 aromatic rings. The summed E-state index contributed by atoms with van der Waals surface area (Å²) >= 11 is 11.9. The van der Waals surface area contributed by atoms with Crippen molar-refractivity contribution in [2.45, 2.75) is 13.8 Å². The predicted octanol–water partition coefficient (Wildman–Crippen LogP) is 3.18. The van der Waals surface area contributed by atoms with Crippen LogP contribution in [0.25, 0.3) is 0 Å². The zero-order chi connectivity index (χ0) is 15.0. The Balaban J connectivity index is 2.33. The average Bonchev–Trinajstić information content (AvgIpc) is 2.62. The van der Waals surface area contributed by atoms with Crippen LogP contribution in [-0.2, 0) is 7.05 Å².